The van der Waals surface area contributed by atoms with Crippen LogP contribution in [0.2, 0.25) is 0 Å². The number of rotatable bonds is 5. The van der Waals surface area contributed by atoms with Crippen LogP contribution >= 0.6 is 0 Å². The minimum Gasteiger partial charge on any atom is -0.326 e. The van der Waals surface area contributed by atoms with Crippen molar-refractivity contribution in [3.8, 4) is 0 Å². The minimum absolute atomic E-state index is 0.00459. The second kappa shape index (κ2) is 7.56. The SMILES string of the molecule is C=CCN(CC(F)(F)F)C(=O)c1cc(C(C)C)nc2c1c(C)nn2C(C)(C)C. The fourth-order valence-corrected chi connectivity index (χ4v) is 3.00. The Hall–Kier alpha value is -2.38. The monoisotopic (exact) mass is 396 g/mol. The number of fused-ring (bicyclic) bond motifs is 1. The van der Waals surface area contributed by atoms with Gasteiger partial charge in [-0.15, -0.1) is 6.58 Å². The van der Waals surface area contributed by atoms with E-state index in [-0.39, 0.29) is 18.0 Å². The largest absolute Gasteiger partial charge is 0.406 e. The number of pyridine rings is 1. The molecule has 0 N–H and O–H groups in total. The van der Waals surface area contributed by atoms with Crippen LogP contribution in [0.25, 0.3) is 11.0 Å². The van der Waals surface area contributed by atoms with Crippen molar-refractivity contribution in [1.82, 2.24) is 19.7 Å². The molecule has 2 aromatic heterocycles. The van der Waals surface area contributed by atoms with Crippen molar-refractivity contribution in [1.29, 1.82) is 0 Å². The van der Waals surface area contributed by atoms with Crippen molar-refractivity contribution in [3.63, 3.8) is 0 Å². The number of carbonyl (C=O) groups is 1. The van der Waals surface area contributed by atoms with E-state index in [1.54, 1.807) is 17.7 Å². The molecule has 0 aliphatic rings. The van der Waals surface area contributed by atoms with Gasteiger partial charge in [-0.3, -0.25) is 4.79 Å². The van der Waals surface area contributed by atoms with Crippen LogP contribution in [0.15, 0.2) is 18.7 Å². The first-order valence-corrected chi connectivity index (χ1v) is 9.14. The number of alkyl halides is 3. The average molecular weight is 396 g/mol. The Morgan fingerprint density at radius 3 is 2.39 bits per heavy atom. The number of hydrogen-bond donors (Lipinski definition) is 0. The van der Waals surface area contributed by atoms with E-state index in [9.17, 15) is 18.0 Å². The number of nitrogens with zero attached hydrogens (tertiary/aromatic N) is 4. The van der Waals surface area contributed by atoms with E-state index in [1.165, 1.54) is 6.08 Å². The van der Waals surface area contributed by atoms with Crippen molar-refractivity contribution >= 4 is 16.9 Å². The number of aryl methyl sites for hydroxylation is 1. The van der Waals surface area contributed by atoms with Gasteiger partial charge in [0.25, 0.3) is 5.91 Å². The molecule has 0 atom stereocenters. The van der Waals surface area contributed by atoms with Gasteiger partial charge in [-0.25, -0.2) is 9.67 Å². The molecule has 8 heteroatoms. The molecule has 0 aromatic carbocycles. The maximum absolute atomic E-state index is 13.1. The number of carbonyl (C=O) groups excluding carboxylic acids is 1. The molecule has 0 fully saturated rings. The van der Waals surface area contributed by atoms with Gasteiger partial charge in [0.1, 0.15) is 6.54 Å². The fraction of sp³-hybridized carbons (Fsp3) is 0.550. The van der Waals surface area contributed by atoms with Gasteiger partial charge in [-0.05, 0) is 39.7 Å². The van der Waals surface area contributed by atoms with E-state index in [0.29, 0.717) is 22.4 Å². The van der Waals surface area contributed by atoms with E-state index in [0.717, 1.165) is 4.90 Å². The van der Waals surface area contributed by atoms with Crippen LogP contribution in [0, 0.1) is 6.92 Å². The summed E-state index contributed by atoms with van der Waals surface area (Å²) >= 11 is 0. The summed E-state index contributed by atoms with van der Waals surface area (Å²) in [4.78, 5) is 18.5. The van der Waals surface area contributed by atoms with Crippen LogP contribution in [0.5, 0.6) is 0 Å². The Bertz CT molecular complexity index is 891. The lowest BCUT2D eigenvalue weighted by molar-refractivity contribution is -0.139. The summed E-state index contributed by atoms with van der Waals surface area (Å²) in [7, 11) is 0. The first kappa shape index (κ1) is 21.9. The summed E-state index contributed by atoms with van der Waals surface area (Å²) in [6, 6.07) is 1.59. The molecule has 0 saturated heterocycles. The number of amides is 1. The molecular formula is C20H27F3N4O. The molecule has 0 aliphatic carbocycles. The molecule has 0 spiro atoms. The quantitative estimate of drug-likeness (QED) is 0.682. The Morgan fingerprint density at radius 1 is 1.32 bits per heavy atom. The molecule has 1 amide bonds. The Balaban J connectivity index is 2.76. The zero-order valence-electron chi connectivity index (χ0n) is 17.2. The third-order valence-corrected chi connectivity index (χ3v) is 4.30. The van der Waals surface area contributed by atoms with Crippen molar-refractivity contribution < 1.29 is 18.0 Å². The summed E-state index contributed by atoms with van der Waals surface area (Å²) in [6.45, 7) is 13.4. The van der Waals surface area contributed by atoms with Crippen LogP contribution in [0.3, 0.4) is 0 Å². The van der Waals surface area contributed by atoms with Gasteiger partial charge in [-0.2, -0.15) is 18.3 Å². The van der Waals surface area contributed by atoms with Crippen molar-refractivity contribution in [2.45, 2.75) is 59.2 Å². The van der Waals surface area contributed by atoms with Gasteiger partial charge in [-0.1, -0.05) is 19.9 Å². The zero-order chi connectivity index (χ0) is 21.4. The highest BCUT2D eigenvalue weighted by Crippen LogP contribution is 2.30. The molecule has 0 saturated carbocycles. The first-order valence-electron chi connectivity index (χ1n) is 9.14. The molecule has 2 heterocycles. The highest BCUT2D eigenvalue weighted by Gasteiger charge is 2.34. The smallest absolute Gasteiger partial charge is 0.326 e. The van der Waals surface area contributed by atoms with Gasteiger partial charge in [0, 0.05) is 12.2 Å². The number of aromatic nitrogens is 3. The van der Waals surface area contributed by atoms with Gasteiger partial charge >= 0.3 is 6.18 Å². The fourth-order valence-electron chi connectivity index (χ4n) is 3.00. The van der Waals surface area contributed by atoms with Gasteiger partial charge < -0.3 is 4.90 Å². The summed E-state index contributed by atoms with van der Waals surface area (Å²) in [5.74, 6) is -0.710. The lowest BCUT2D eigenvalue weighted by Gasteiger charge is -2.24. The van der Waals surface area contributed by atoms with Gasteiger partial charge in [0.2, 0.25) is 0 Å². The van der Waals surface area contributed by atoms with Crippen LogP contribution in [0.1, 0.15) is 62.3 Å². The lowest BCUT2D eigenvalue weighted by atomic mass is 10.0. The average Bonchev–Trinajstić information content (AvgIpc) is 2.89. The summed E-state index contributed by atoms with van der Waals surface area (Å²) < 4.78 is 40.8. The molecule has 0 bridgehead atoms. The first-order chi connectivity index (χ1) is 12.8. The third-order valence-electron chi connectivity index (χ3n) is 4.30. The number of halogens is 3. The summed E-state index contributed by atoms with van der Waals surface area (Å²) in [5, 5.41) is 5.01. The van der Waals surface area contributed by atoms with E-state index in [1.807, 2.05) is 34.6 Å². The lowest BCUT2D eigenvalue weighted by Crippen LogP contribution is -2.39. The molecule has 28 heavy (non-hydrogen) atoms. The highest BCUT2D eigenvalue weighted by molar-refractivity contribution is 6.06. The second-order valence-corrected chi connectivity index (χ2v) is 8.21. The summed E-state index contributed by atoms with van der Waals surface area (Å²) in [5.41, 5.74) is 1.48. The molecular weight excluding hydrogens is 369 g/mol. The Kier molecular flexibility index (Phi) is 5.92. The molecule has 0 unspecified atom stereocenters. The van der Waals surface area contributed by atoms with Crippen LogP contribution in [-0.2, 0) is 5.54 Å². The Labute approximate surface area is 163 Å². The predicted octanol–water partition coefficient (Wildman–Crippen LogP) is 4.81. The van der Waals surface area contributed by atoms with Crippen LogP contribution < -0.4 is 0 Å². The molecule has 0 radical (unpaired) electrons. The van der Waals surface area contributed by atoms with E-state index >= 15 is 0 Å². The second-order valence-electron chi connectivity index (χ2n) is 8.21. The van der Waals surface area contributed by atoms with E-state index in [4.69, 9.17) is 0 Å². The van der Waals surface area contributed by atoms with Crippen LogP contribution in [0.4, 0.5) is 13.2 Å². The zero-order valence-corrected chi connectivity index (χ0v) is 17.2. The molecule has 5 nitrogen and oxygen atoms in total. The normalized spacial score (nSPS) is 12.6. The molecule has 2 aromatic rings. The maximum Gasteiger partial charge on any atom is 0.406 e. The van der Waals surface area contributed by atoms with Crippen LogP contribution in [-0.4, -0.2) is 44.8 Å². The maximum atomic E-state index is 13.1. The third kappa shape index (κ3) is 4.54. The van der Waals surface area contributed by atoms with Gasteiger partial charge in [0.15, 0.2) is 5.65 Å². The van der Waals surface area contributed by atoms with Crippen molar-refractivity contribution in [2.75, 3.05) is 13.1 Å². The molecule has 2 rings (SSSR count). The standard InChI is InChI=1S/C20H27F3N4O/c1-8-9-26(11-20(21,22)23)18(28)14-10-15(12(2)3)24-17-16(14)13(4)25-27(17)19(5,6)7/h8,10,12H,1,9,11H2,2-7H3. The molecule has 0 aliphatic heterocycles. The predicted molar refractivity (Wildman–Crippen MR) is 104 cm³/mol. The topological polar surface area (TPSA) is 51.0 Å². The van der Waals surface area contributed by atoms with Crippen molar-refractivity contribution in [3.05, 3.63) is 35.7 Å². The van der Waals surface area contributed by atoms with E-state index < -0.39 is 24.2 Å². The molecule has 154 valence electrons. The summed E-state index contributed by atoms with van der Waals surface area (Å²) in [6.07, 6.45) is -3.22. The number of hydrogen-bond acceptors (Lipinski definition) is 3. The van der Waals surface area contributed by atoms with Gasteiger partial charge in [0.05, 0.1) is 22.2 Å². The highest BCUT2D eigenvalue weighted by atomic mass is 19.4. The van der Waals surface area contributed by atoms with Crippen molar-refractivity contribution in [2.24, 2.45) is 0 Å². The Morgan fingerprint density at radius 2 is 1.93 bits per heavy atom. The minimum atomic E-state index is -4.50. The van der Waals surface area contributed by atoms with E-state index in [2.05, 4.69) is 16.7 Å².